The lowest BCUT2D eigenvalue weighted by Gasteiger charge is -2.22. The van der Waals surface area contributed by atoms with Crippen LogP contribution in [0.4, 0.5) is 0 Å². The third kappa shape index (κ3) is 5.22. The number of carbonyl (C=O) groups is 1. The number of amides is 1. The fourth-order valence-corrected chi connectivity index (χ4v) is 4.83. The van der Waals surface area contributed by atoms with Crippen molar-refractivity contribution in [1.82, 2.24) is 15.3 Å². The molecule has 6 heteroatoms. The number of rotatable bonds is 7. The van der Waals surface area contributed by atoms with Gasteiger partial charge in [-0.2, -0.15) is 0 Å². The zero-order chi connectivity index (χ0) is 26.9. The lowest BCUT2D eigenvalue weighted by molar-refractivity contribution is -0.120. The van der Waals surface area contributed by atoms with Crippen molar-refractivity contribution in [3.8, 4) is 0 Å². The normalized spacial score (nSPS) is 13.7. The fraction of sp³-hybridized carbons (Fsp3) is 0.219. The van der Waals surface area contributed by atoms with E-state index in [1.165, 1.54) is 5.56 Å². The second-order valence-electron chi connectivity index (χ2n) is 9.99. The maximum absolute atomic E-state index is 13.3. The van der Waals surface area contributed by atoms with Crippen LogP contribution in [0.1, 0.15) is 58.1 Å². The van der Waals surface area contributed by atoms with Gasteiger partial charge in [-0.05, 0) is 74.2 Å². The molecule has 0 aliphatic rings. The fourth-order valence-electron chi connectivity index (χ4n) is 4.83. The predicted octanol–water partition coefficient (Wildman–Crippen LogP) is 5.85. The van der Waals surface area contributed by atoms with E-state index in [0.717, 1.165) is 27.6 Å². The number of aliphatic hydroxyl groups is 1. The van der Waals surface area contributed by atoms with Crippen LogP contribution in [-0.4, -0.2) is 21.0 Å². The third-order valence-electron chi connectivity index (χ3n) is 6.87. The third-order valence-corrected chi connectivity index (χ3v) is 6.87. The van der Waals surface area contributed by atoms with Crippen molar-refractivity contribution in [1.29, 1.82) is 0 Å². The van der Waals surface area contributed by atoms with Crippen LogP contribution in [-0.2, 0) is 16.8 Å². The Morgan fingerprint density at radius 2 is 1.79 bits per heavy atom. The summed E-state index contributed by atoms with van der Waals surface area (Å²) in [6, 6.07) is 25.2. The summed E-state index contributed by atoms with van der Waals surface area (Å²) in [4.78, 5) is 21.7. The van der Waals surface area contributed by atoms with Gasteiger partial charge in [0.2, 0.25) is 5.91 Å². The van der Waals surface area contributed by atoms with Gasteiger partial charge in [-0.25, -0.2) is 9.97 Å². The summed E-state index contributed by atoms with van der Waals surface area (Å²) in [6.07, 6.45) is 1.83. The number of carbonyl (C=O) groups excluding carboxylic acids is 1. The van der Waals surface area contributed by atoms with E-state index in [9.17, 15) is 9.90 Å². The molecule has 38 heavy (non-hydrogen) atoms. The summed E-state index contributed by atoms with van der Waals surface area (Å²) in [6.45, 7) is 7.57. The Hall–Kier alpha value is -4.29. The van der Waals surface area contributed by atoms with Crippen molar-refractivity contribution in [2.75, 3.05) is 0 Å². The molecule has 5 rings (SSSR count). The van der Waals surface area contributed by atoms with Crippen LogP contribution in [0.5, 0.6) is 0 Å². The van der Waals surface area contributed by atoms with E-state index in [4.69, 9.17) is 4.42 Å². The topological polar surface area (TPSA) is 88.2 Å². The first-order valence-corrected chi connectivity index (χ1v) is 12.7. The first kappa shape index (κ1) is 25.4. The Labute approximate surface area is 222 Å². The van der Waals surface area contributed by atoms with Crippen molar-refractivity contribution in [2.45, 2.75) is 45.8 Å². The zero-order valence-corrected chi connectivity index (χ0v) is 22.0. The molecule has 6 nitrogen and oxygen atoms in total. The minimum absolute atomic E-state index is 0.0784. The van der Waals surface area contributed by atoms with Crippen LogP contribution in [0.3, 0.4) is 0 Å². The number of benzene rings is 3. The van der Waals surface area contributed by atoms with Gasteiger partial charge in [0.05, 0.1) is 18.2 Å². The molecular formula is C32H31N3O3. The Morgan fingerprint density at radius 1 is 1.00 bits per heavy atom. The number of furan rings is 1. The average Bonchev–Trinajstić information content (AvgIpc) is 3.33. The van der Waals surface area contributed by atoms with E-state index in [1.54, 1.807) is 32.2 Å². The first-order valence-electron chi connectivity index (χ1n) is 12.7. The highest BCUT2D eigenvalue weighted by Crippen LogP contribution is 2.33. The lowest BCUT2D eigenvalue weighted by Crippen LogP contribution is -2.31. The molecule has 2 aromatic heterocycles. The molecule has 2 N–H and O–H groups in total. The van der Waals surface area contributed by atoms with Gasteiger partial charge in [0, 0.05) is 11.6 Å². The number of fused-ring (bicyclic) bond motifs is 1. The smallest absolute Gasteiger partial charge is 0.225 e. The van der Waals surface area contributed by atoms with Crippen LogP contribution in [0.2, 0.25) is 0 Å². The van der Waals surface area contributed by atoms with Crippen LogP contribution >= 0.6 is 0 Å². The molecule has 192 valence electrons. The summed E-state index contributed by atoms with van der Waals surface area (Å²) >= 11 is 0. The summed E-state index contributed by atoms with van der Waals surface area (Å²) in [5.41, 5.74) is 4.96. The van der Waals surface area contributed by atoms with Crippen LogP contribution < -0.4 is 5.32 Å². The number of hydrogen-bond donors (Lipinski definition) is 2. The molecule has 2 heterocycles. The molecule has 0 aliphatic heterocycles. The molecule has 0 spiro atoms. The molecule has 0 radical (unpaired) electrons. The minimum atomic E-state index is -1.42. The maximum atomic E-state index is 13.3. The number of hydrogen-bond acceptors (Lipinski definition) is 5. The van der Waals surface area contributed by atoms with Crippen LogP contribution in [0, 0.1) is 20.8 Å². The largest absolute Gasteiger partial charge is 0.458 e. The zero-order valence-electron chi connectivity index (χ0n) is 22.0. The number of nitrogens with one attached hydrogen (secondary N) is 1. The van der Waals surface area contributed by atoms with E-state index in [-0.39, 0.29) is 18.4 Å². The average molecular weight is 506 g/mol. The van der Waals surface area contributed by atoms with Gasteiger partial charge < -0.3 is 14.8 Å². The highest BCUT2D eigenvalue weighted by molar-refractivity contribution is 5.83. The summed E-state index contributed by atoms with van der Waals surface area (Å²) in [7, 11) is 0. The Bertz CT molecular complexity index is 1610. The van der Waals surface area contributed by atoms with Gasteiger partial charge in [0.1, 0.15) is 17.2 Å². The van der Waals surface area contributed by atoms with Crippen LogP contribution in [0.25, 0.3) is 11.0 Å². The lowest BCUT2D eigenvalue weighted by atomic mass is 9.93. The number of aryl methyl sites for hydroxylation is 3. The molecule has 2 atom stereocenters. The summed E-state index contributed by atoms with van der Waals surface area (Å²) < 4.78 is 5.98. The quantitative estimate of drug-likeness (QED) is 0.290. The SMILES string of the molecule is Cc1ccc(C(NC(=O)Cc2ccc3oc(C(C)(O)c4ccnc(C)n4)cc3c2)c2ccccc2)c(C)c1. The van der Waals surface area contributed by atoms with Crippen molar-refractivity contribution in [3.63, 3.8) is 0 Å². The number of nitrogens with zero attached hydrogens (tertiary/aromatic N) is 2. The van der Waals surface area contributed by atoms with Crippen LogP contribution in [0.15, 0.2) is 89.5 Å². The van der Waals surface area contributed by atoms with Crippen molar-refractivity contribution in [3.05, 3.63) is 130 Å². The Kier molecular flexibility index (Phi) is 6.83. The second-order valence-corrected chi connectivity index (χ2v) is 9.99. The van der Waals surface area contributed by atoms with Gasteiger partial charge in [-0.1, -0.05) is 60.2 Å². The standard InChI is InChI=1S/C32H31N3O3/c1-20-10-12-26(21(2)16-20)31(24-8-6-5-7-9-24)35-30(36)18-23-11-13-27-25(17-23)19-29(38-27)32(4,37)28-14-15-33-22(3)34-28/h5-17,19,31,37H,18H2,1-4H3,(H,35,36). The highest BCUT2D eigenvalue weighted by Gasteiger charge is 2.31. The molecule has 0 saturated heterocycles. The second kappa shape index (κ2) is 10.2. The molecule has 0 aliphatic carbocycles. The molecule has 0 saturated carbocycles. The molecular weight excluding hydrogens is 474 g/mol. The Morgan fingerprint density at radius 3 is 2.53 bits per heavy atom. The maximum Gasteiger partial charge on any atom is 0.225 e. The molecule has 1 amide bonds. The van der Waals surface area contributed by atoms with Gasteiger partial charge in [0.25, 0.3) is 0 Å². The van der Waals surface area contributed by atoms with Gasteiger partial charge in [0.15, 0.2) is 5.60 Å². The Balaban J connectivity index is 1.39. The monoisotopic (exact) mass is 505 g/mol. The van der Waals surface area contributed by atoms with Gasteiger partial charge in [-0.3, -0.25) is 4.79 Å². The van der Waals surface area contributed by atoms with E-state index < -0.39 is 5.60 Å². The molecule has 2 unspecified atom stereocenters. The molecule has 0 bridgehead atoms. The van der Waals surface area contributed by atoms with E-state index >= 15 is 0 Å². The summed E-state index contributed by atoms with van der Waals surface area (Å²) in [5, 5.41) is 15.3. The van der Waals surface area contributed by atoms with Crippen molar-refractivity contribution in [2.24, 2.45) is 0 Å². The van der Waals surface area contributed by atoms with Gasteiger partial charge >= 0.3 is 0 Å². The molecule has 0 fully saturated rings. The van der Waals surface area contributed by atoms with E-state index in [0.29, 0.717) is 22.9 Å². The first-order chi connectivity index (χ1) is 18.2. The highest BCUT2D eigenvalue weighted by atomic mass is 16.4. The molecule has 3 aromatic carbocycles. The summed E-state index contributed by atoms with van der Waals surface area (Å²) in [5.74, 6) is 0.873. The minimum Gasteiger partial charge on any atom is -0.458 e. The van der Waals surface area contributed by atoms with E-state index in [2.05, 4.69) is 47.3 Å². The molecule has 5 aromatic rings. The van der Waals surface area contributed by atoms with Crippen molar-refractivity contribution >= 4 is 16.9 Å². The predicted molar refractivity (Wildman–Crippen MR) is 148 cm³/mol. The van der Waals surface area contributed by atoms with Crippen molar-refractivity contribution < 1.29 is 14.3 Å². The van der Waals surface area contributed by atoms with Gasteiger partial charge in [-0.15, -0.1) is 0 Å². The van der Waals surface area contributed by atoms with E-state index in [1.807, 2.05) is 48.5 Å². The number of aromatic nitrogens is 2.